The summed E-state index contributed by atoms with van der Waals surface area (Å²) in [6, 6.07) is 15.2. The van der Waals surface area contributed by atoms with Crippen molar-refractivity contribution < 1.29 is 14.4 Å². The van der Waals surface area contributed by atoms with E-state index in [4.69, 9.17) is 9.47 Å². The highest BCUT2D eigenvalue weighted by atomic mass is 79.9. The van der Waals surface area contributed by atoms with E-state index in [1.165, 1.54) is 16.8 Å². The summed E-state index contributed by atoms with van der Waals surface area (Å²) in [4.78, 5) is 28.4. The van der Waals surface area contributed by atoms with Gasteiger partial charge in [0.2, 0.25) is 0 Å². The van der Waals surface area contributed by atoms with E-state index in [1.807, 2.05) is 19.9 Å². The van der Waals surface area contributed by atoms with Gasteiger partial charge in [0.25, 0.3) is 11.2 Å². The number of hydrogen-bond donors (Lipinski definition) is 0. The zero-order valence-electron chi connectivity index (χ0n) is 20.0. The van der Waals surface area contributed by atoms with Crippen molar-refractivity contribution in [1.82, 2.24) is 9.66 Å². The zero-order chi connectivity index (χ0) is 26.5. The first-order valence-electron chi connectivity index (χ1n) is 11.4. The fourth-order valence-corrected chi connectivity index (χ4v) is 4.58. The lowest BCUT2D eigenvalue weighted by Crippen LogP contribution is -2.22. The molecule has 0 aliphatic heterocycles. The second-order valence-electron chi connectivity index (χ2n) is 7.88. The molecular formula is C26H22Br2N4O5. The van der Waals surface area contributed by atoms with Gasteiger partial charge in [-0.2, -0.15) is 9.78 Å². The van der Waals surface area contributed by atoms with Crippen molar-refractivity contribution in [3.05, 3.63) is 101 Å². The van der Waals surface area contributed by atoms with Gasteiger partial charge in [0.1, 0.15) is 12.4 Å². The Labute approximate surface area is 229 Å². The van der Waals surface area contributed by atoms with Gasteiger partial charge in [-0.15, -0.1) is 0 Å². The van der Waals surface area contributed by atoms with Gasteiger partial charge in [-0.3, -0.25) is 14.9 Å². The van der Waals surface area contributed by atoms with Crippen LogP contribution in [0.15, 0.2) is 73.4 Å². The van der Waals surface area contributed by atoms with Crippen LogP contribution in [0.2, 0.25) is 0 Å². The van der Waals surface area contributed by atoms with Crippen molar-refractivity contribution in [3.8, 4) is 11.5 Å². The van der Waals surface area contributed by atoms with Gasteiger partial charge in [-0.05, 0) is 64.3 Å². The molecule has 11 heteroatoms. The van der Waals surface area contributed by atoms with Crippen molar-refractivity contribution in [2.45, 2.75) is 26.9 Å². The van der Waals surface area contributed by atoms with Crippen LogP contribution in [0, 0.1) is 10.1 Å². The molecule has 0 saturated carbocycles. The molecule has 0 bridgehead atoms. The highest BCUT2D eigenvalue weighted by Crippen LogP contribution is 2.37. The quantitative estimate of drug-likeness (QED) is 0.123. The molecule has 0 aliphatic rings. The average molecular weight is 630 g/mol. The summed E-state index contributed by atoms with van der Waals surface area (Å²) in [5.41, 5.74) is 1.66. The van der Waals surface area contributed by atoms with Crippen LogP contribution < -0.4 is 15.0 Å². The van der Waals surface area contributed by atoms with E-state index in [1.54, 1.807) is 42.6 Å². The topological polar surface area (TPSA) is 109 Å². The molecule has 0 aliphatic carbocycles. The number of fused-ring (bicyclic) bond motifs is 1. The largest absolute Gasteiger partial charge is 0.490 e. The molecule has 1 heterocycles. The predicted molar refractivity (Wildman–Crippen MR) is 149 cm³/mol. The minimum atomic E-state index is -0.446. The molecule has 37 heavy (non-hydrogen) atoms. The maximum absolute atomic E-state index is 13.2. The van der Waals surface area contributed by atoms with Crippen LogP contribution in [0.3, 0.4) is 0 Å². The maximum atomic E-state index is 13.2. The number of rotatable bonds is 9. The normalized spacial score (nSPS) is 11.2. The van der Waals surface area contributed by atoms with Gasteiger partial charge in [-0.1, -0.05) is 35.0 Å². The molecule has 4 rings (SSSR count). The monoisotopic (exact) mass is 628 g/mol. The maximum Gasteiger partial charge on any atom is 0.282 e. The summed E-state index contributed by atoms with van der Waals surface area (Å²) in [6.45, 7) is 4.27. The minimum Gasteiger partial charge on any atom is -0.490 e. The van der Waals surface area contributed by atoms with Gasteiger partial charge >= 0.3 is 0 Å². The van der Waals surface area contributed by atoms with Gasteiger partial charge in [0.05, 0.1) is 33.1 Å². The third-order valence-electron chi connectivity index (χ3n) is 5.35. The summed E-state index contributed by atoms with van der Waals surface area (Å²) >= 11 is 6.93. The Kier molecular flexibility index (Phi) is 8.34. The number of aryl methyl sites for hydroxylation is 1. The SMILES string of the molecule is CCOc1cc(C=Nn2c(CC)nc3ccc(Br)cc3c2=O)cc(Br)c1OCc1cccc([N+](=O)[O-])c1. The second-order valence-corrected chi connectivity index (χ2v) is 9.65. The third kappa shape index (κ3) is 6.05. The Hall–Kier alpha value is -3.57. The van der Waals surface area contributed by atoms with Gasteiger partial charge < -0.3 is 9.47 Å². The number of ether oxygens (including phenoxy) is 2. The Morgan fingerprint density at radius 3 is 2.65 bits per heavy atom. The van der Waals surface area contributed by atoms with E-state index in [9.17, 15) is 14.9 Å². The molecule has 3 aromatic carbocycles. The molecular weight excluding hydrogens is 608 g/mol. The van der Waals surface area contributed by atoms with Crippen LogP contribution in [0.1, 0.15) is 30.8 Å². The molecule has 0 radical (unpaired) electrons. The molecule has 1 aromatic heterocycles. The lowest BCUT2D eigenvalue weighted by Gasteiger charge is -2.15. The lowest BCUT2D eigenvalue weighted by atomic mass is 10.2. The van der Waals surface area contributed by atoms with Crippen LogP contribution in [0.4, 0.5) is 5.69 Å². The summed E-state index contributed by atoms with van der Waals surface area (Å²) in [5, 5.41) is 16.0. The van der Waals surface area contributed by atoms with E-state index >= 15 is 0 Å². The number of hydrogen-bond acceptors (Lipinski definition) is 7. The predicted octanol–water partition coefficient (Wildman–Crippen LogP) is 6.25. The highest BCUT2D eigenvalue weighted by Gasteiger charge is 2.14. The number of halogens is 2. The standard InChI is InChI=1S/C26H22Br2N4O5/c1-3-24-30-22-9-8-18(27)13-20(22)26(33)31(24)29-14-17-11-21(28)25(23(12-17)36-4-2)37-15-16-6-5-7-19(10-16)32(34)35/h5-14H,3-4,15H2,1-2H3. The first kappa shape index (κ1) is 26.5. The molecule has 9 nitrogen and oxygen atoms in total. The number of nitro benzene ring substituents is 1. The molecule has 190 valence electrons. The Morgan fingerprint density at radius 1 is 1.11 bits per heavy atom. The summed E-state index contributed by atoms with van der Waals surface area (Å²) in [6.07, 6.45) is 2.08. The summed E-state index contributed by atoms with van der Waals surface area (Å²) < 4.78 is 14.4. The van der Waals surface area contributed by atoms with Crippen molar-refractivity contribution in [2.24, 2.45) is 5.10 Å². The summed E-state index contributed by atoms with van der Waals surface area (Å²) in [7, 11) is 0. The van der Waals surface area contributed by atoms with E-state index in [-0.39, 0.29) is 17.9 Å². The van der Waals surface area contributed by atoms with Gasteiger partial charge in [0.15, 0.2) is 11.5 Å². The van der Waals surface area contributed by atoms with Gasteiger partial charge in [0, 0.05) is 23.0 Å². The molecule has 0 fully saturated rings. The number of aromatic nitrogens is 2. The number of nitrogens with zero attached hydrogens (tertiary/aromatic N) is 4. The molecule has 0 amide bonds. The number of benzene rings is 3. The molecule has 0 saturated heterocycles. The fraction of sp³-hybridized carbons (Fsp3) is 0.192. The zero-order valence-corrected chi connectivity index (χ0v) is 23.2. The minimum absolute atomic E-state index is 0.00557. The first-order chi connectivity index (χ1) is 17.8. The van der Waals surface area contributed by atoms with E-state index in [0.29, 0.717) is 56.9 Å². The number of nitro groups is 1. The van der Waals surface area contributed by atoms with Crippen molar-refractivity contribution in [1.29, 1.82) is 0 Å². The molecule has 4 aromatic rings. The van der Waals surface area contributed by atoms with Crippen LogP contribution in [0.25, 0.3) is 10.9 Å². The Balaban J connectivity index is 1.66. The Morgan fingerprint density at radius 2 is 1.92 bits per heavy atom. The van der Waals surface area contributed by atoms with E-state index in [0.717, 1.165) is 4.47 Å². The number of non-ortho nitro benzene ring substituents is 1. The molecule has 0 spiro atoms. The van der Waals surface area contributed by atoms with Crippen LogP contribution in [0.5, 0.6) is 11.5 Å². The second kappa shape index (κ2) is 11.7. The third-order valence-corrected chi connectivity index (χ3v) is 6.43. The average Bonchev–Trinajstić information content (AvgIpc) is 2.88. The summed E-state index contributed by atoms with van der Waals surface area (Å²) in [5.74, 6) is 1.46. The van der Waals surface area contributed by atoms with E-state index in [2.05, 4.69) is 41.9 Å². The molecule has 0 atom stereocenters. The molecule has 0 unspecified atom stereocenters. The molecule has 0 N–H and O–H groups in total. The smallest absolute Gasteiger partial charge is 0.282 e. The fourth-order valence-electron chi connectivity index (χ4n) is 3.65. The van der Waals surface area contributed by atoms with Crippen molar-refractivity contribution >= 4 is 54.7 Å². The highest BCUT2D eigenvalue weighted by molar-refractivity contribution is 9.10. The first-order valence-corrected chi connectivity index (χ1v) is 13.0. The van der Waals surface area contributed by atoms with Crippen LogP contribution >= 0.6 is 31.9 Å². The lowest BCUT2D eigenvalue weighted by molar-refractivity contribution is -0.384. The Bertz CT molecular complexity index is 1570. The van der Waals surface area contributed by atoms with Crippen molar-refractivity contribution in [3.63, 3.8) is 0 Å². The van der Waals surface area contributed by atoms with Crippen LogP contribution in [-0.2, 0) is 13.0 Å². The van der Waals surface area contributed by atoms with Gasteiger partial charge in [-0.25, -0.2) is 4.98 Å². The van der Waals surface area contributed by atoms with Crippen molar-refractivity contribution in [2.75, 3.05) is 6.61 Å². The van der Waals surface area contributed by atoms with E-state index < -0.39 is 4.92 Å². The van der Waals surface area contributed by atoms with Crippen LogP contribution in [-0.4, -0.2) is 27.4 Å².